The van der Waals surface area contributed by atoms with Gasteiger partial charge in [0.1, 0.15) is 5.71 Å². The highest BCUT2D eigenvalue weighted by molar-refractivity contribution is 6.35. The maximum atomic E-state index is 6.34. The number of fused-ring (bicyclic) bond motifs is 1. The summed E-state index contributed by atoms with van der Waals surface area (Å²) in [5, 5.41) is 1.24. The maximum Gasteiger partial charge on any atom is 0.217 e. The predicted molar refractivity (Wildman–Crippen MR) is 114 cm³/mol. The molecule has 144 valence electrons. The van der Waals surface area contributed by atoms with Crippen LogP contribution in [0.2, 0.25) is 10.0 Å². The highest BCUT2D eigenvalue weighted by Gasteiger charge is 2.21. The van der Waals surface area contributed by atoms with Crippen LogP contribution < -0.4 is 4.74 Å². The molecule has 4 nitrogen and oxygen atoms in total. The highest BCUT2D eigenvalue weighted by atomic mass is 35.5. The lowest BCUT2D eigenvalue weighted by atomic mass is 9.92. The van der Waals surface area contributed by atoms with Crippen LogP contribution in [0.1, 0.15) is 43.3 Å². The predicted octanol–water partition coefficient (Wildman–Crippen LogP) is 5.61. The van der Waals surface area contributed by atoms with E-state index in [0.29, 0.717) is 34.8 Å². The molecule has 0 N–H and O–H groups in total. The fraction of sp³-hybridized carbons (Fsp3) is 0.318. The van der Waals surface area contributed by atoms with E-state index >= 15 is 0 Å². The molecular formula is C22H21Cl2N3O. The van der Waals surface area contributed by atoms with Crippen molar-refractivity contribution >= 4 is 28.9 Å². The lowest BCUT2D eigenvalue weighted by molar-refractivity contribution is 0.325. The molecule has 28 heavy (non-hydrogen) atoms. The van der Waals surface area contributed by atoms with Crippen LogP contribution >= 0.6 is 23.2 Å². The second-order valence-corrected chi connectivity index (χ2v) is 7.71. The Morgan fingerprint density at radius 3 is 2.86 bits per heavy atom. The number of rotatable bonds is 5. The third kappa shape index (κ3) is 4.29. The molecule has 0 amide bonds. The molecule has 2 heterocycles. The van der Waals surface area contributed by atoms with E-state index in [0.717, 1.165) is 29.8 Å². The lowest BCUT2D eigenvalue weighted by Gasteiger charge is -2.22. The van der Waals surface area contributed by atoms with Crippen LogP contribution in [0.25, 0.3) is 0 Å². The second-order valence-electron chi connectivity index (χ2n) is 6.87. The molecule has 1 aromatic heterocycles. The molecule has 0 bridgehead atoms. The standard InChI is InChI=1S/C22H21Cl2N3O/c1-2-28-21-13-17(11-15-7-9-16(23)12-18(15)24)25-22(27-21)20-10-8-14-5-3-4-6-19(14)26-20/h5,7-10,12-13,19H,2-4,6,11H2,1H3. The first-order chi connectivity index (χ1) is 13.6. The quantitative estimate of drug-likeness (QED) is 0.639. The molecule has 0 spiro atoms. The van der Waals surface area contributed by atoms with Gasteiger partial charge in [-0.25, -0.2) is 4.98 Å². The van der Waals surface area contributed by atoms with Crippen molar-refractivity contribution in [2.45, 2.75) is 38.6 Å². The monoisotopic (exact) mass is 413 g/mol. The minimum absolute atomic E-state index is 0.210. The SMILES string of the molecule is CCOc1cc(Cc2ccc(Cl)cc2Cl)nc(C2=NC3CCCC=C3C=C2)n1. The molecule has 1 aromatic carbocycles. The number of hydrogen-bond donors (Lipinski definition) is 0. The maximum absolute atomic E-state index is 6.34. The Morgan fingerprint density at radius 1 is 1.14 bits per heavy atom. The Labute approximate surface area is 175 Å². The van der Waals surface area contributed by atoms with E-state index in [2.05, 4.69) is 17.1 Å². The van der Waals surface area contributed by atoms with Gasteiger partial charge < -0.3 is 4.74 Å². The Morgan fingerprint density at radius 2 is 2.04 bits per heavy atom. The first kappa shape index (κ1) is 19.2. The van der Waals surface area contributed by atoms with Crippen molar-refractivity contribution in [1.29, 1.82) is 0 Å². The van der Waals surface area contributed by atoms with Crippen molar-refractivity contribution in [3.8, 4) is 5.88 Å². The minimum Gasteiger partial charge on any atom is -0.478 e. The van der Waals surface area contributed by atoms with Gasteiger partial charge >= 0.3 is 0 Å². The van der Waals surface area contributed by atoms with E-state index in [1.54, 1.807) is 6.07 Å². The average molecular weight is 414 g/mol. The van der Waals surface area contributed by atoms with Crippen LogP contribution in [-0.4, -0.2) is 28.3 Å². The number of aliphatic imine (C=N–C) groups is 1. The molecule has 6 heteroatoms. The fourth-order valence-electron chi connectivity index (χ4n) is 3.48. The van der Waals surface area contributed by atoms with Crippen molar-refractivity contribution in [1.82, 2.24) is 9.97 Å². The highest BCUT2D eigenvalue weighted by Crippen LogP contribution is 2.27. The van der Waals surface area contributed by atoms with Crippen LogP contribution in [0.5, 0.6) is 5.88 Å². The van der Waals surface area contributed by atoms with Crippen LogP contribution in [0.3, 0.4) is 0 Å². The minimum atomic E-state index is 0.210. The van der Waals surface area contributed by atoms with Gasteiger partial charge in [-0.1, -0.05) is 41.4 Å². The molecule has 0 radical (unpaired) electrons. The van der Waals surface area contributed by atoms with E-state index in [1.807, 2.05) is 31.2 Å². The molecule has 1 unspecified atom stereocenters. The number of hydrogen-bond acceptors (Lipinski definition) is 4. The van der Waals surface area contributed by atoms with Gasteiger partial charge in [0, 0.05) is 22.5 Å². The Hall–Kier alpha value is -2.17. The van der Waals surface area contributed by atoms with Crippen molar-refractivity contribution < 1.29 is 4.74 Å². The van der Waals surface area contributed by atoms with Gasteiger partial charge in [-0.2, -0.15) is 4.98 Å². The average Bonchev–Trinajstić information content (AvgIpc) is 2.70. The number of benzene rings is 1. The summed E-state index contributed by atoms with van der Waals surface area (Å²) in [5.41, 5.74) is 3.88. The van der Waals surface area contributed by atoms with Crippen molar-refractivity contribution in [3.63, 3.8) is 0 Å². The number of halogens is 2. The van der Waals surface area contributed by atoms with Crippen molar-refractivity contribution in [2.75, 3.05) is 6.61 Å². The molecular weight excluding hydrogens is 393 g/mol. The Kier molecular flexibility index (Phi) is 5.79. The second kappa shape index (κ2) is 8.46. The zero-order valence-electron chi connectivity index (χ0n) is 15.7. The zero-order valence-corrected chi connectivity index (χ0v) is 17.2. The number of dihydropyridines is 1. The number of ether oxygens (including phenoxy) is 1. The first-order valence-corrected chi connectivity index (χ1v) is 10.3. The van der Waals surface area contributed by atoms with Crippen LogP contribution in [-0.2, 0) is 6.42 Å². The molecule has 1 aliphatic carbocycles. The van der Waals surface area contributed by atoms with Gasteiger partial charge in [-0.05, 0) is 55.5 Å². The number of allylic oxidation sites excluding steroid dienone is 2. The van der Waals surface area contributed by atoms with Gasteiger partial charge in [-0.3, -0.25) is 4.99 Å². The topological polar surface area (TPSA) is 47.4 Å². The first-order valence-electron chi connectivity index (χ1n) is 9.53. The van der Waals surface area contributed by atoms with Gasteiger partial charge in [0.2, 0.25) is 5.88 Å². The molecule has 0 saturated heterocycles. The van der Waals surface area contributed by atoms with Crippen molar-refractivity contribution in [2.24, 2.45) is 4.99 Å². The van der Waals surface area contributed by atoms with E-state index in [1.165, 1.54) is 12.0 Å². The molecule has 1 aliphatic heterocycles. The summed E-state index contributed by atoms with van der Waals surface area (Å²) < 4.78 is 5.68. The van der Waals surface area contributed by atoms with E-state index in [9.17, 15) is 0 Å². The normalized spacial score (nSPS) is 18.3. The molecule has 2 aliphatic rings. The third-order valence-corrected chi connectivity index (χ3v) is 5.43. The van der Waals surface area contributed by atoms with Crippen molar-refractivity contribution in [3.05, 3.63) is 75.2 Å². The van der Waals surface area contributed by atoms with Crippen LogP contribution in [0.15, 0.2) is 53.1 Å². The summed E-state index contributed by atoms with van der Waals surface area (Å²) in [6.07, 6.45) is 10.3. The summed E-state index contributed by atoms with van der Waals surface area (Å²) in [6, 6.07) is 7.57. The van der Waals surface area contributed by atoms with E-state index in [-0.39, 0.29) is 6.04 Å². The molecule has 4 rings (SSSR count). The van der Waals surface area contributed by atoms with Gasteiger partial charge in [0.15, 0.2) is 5.82 Å². The molecule has 2 aromatic rings. The van der Waals surface area contributed by atoms with Gasteiger partial charge in [-0.15, -0.1) is 0 Å². The van der Waals surface area contributed by atoms with Crippen LogP contribution in [0.4, 0.5) is 0 Å². The number of aromatic nitrogens is 2. The molecule has 1 atom stereocenters. The van der Waals surface area contributed by atoms with Gasteiger partial charge in [0.25, 0.3) is 0 Å². The summed E-state index contributed by atoms with van der Waals surface area (Å²) >= 11 is 12.4. The van der Waals surface area contributed by atoms with E-state index in [4.69, 9.17) is 37.9 Å². The van der Waals surface area contributed by atoms with Crippen LogP contribution in [0, 0.1) is 0 Å². The molecule has 0 saturated carbocycles. The Bertz CT molecular complexity index is 982. The number of nitrogens with zero attached hydrogens (tertiary/aromatic N) is 3. The summed E-state index contributed by atoms with van der Waals surface area (Å²) in [6.45, 7) is 2.48. The lowest BCUT2D eigenvalue weighted by Crippen LogP contribution is -2.19. The largest absolute Gasteiger partial charge is 0.478 e. The Balaban J connectivity index is 1.68. The zero-order chi connectivity index (χ0) is 19.5. The summed E-state index contributed by atoms with van der Waals surface area (Å²) in [4.78, 5) is 14.2. The molecule has 0 fully saturated rings. The van der Waals surface area contributed by atoms with E-state index < -0.39 is 0 Å². The smallest absolute Gasteiger partial charge is 0.217 e. The summed E-state index contributed by atoms with van der Waals surface area (Å²) in [5.74, 6) is 1.14. The third-order valence-electron chi connectivity index (χ3n) is 4.84. The fourth-order valence-corrected chi connectivity index (χ4v) is 3.95. The van der Waals surface area contributed by atoms with Gasteiger partial charge in [0.05, 0.1) is 18.3 Å². The summed E-state index contributed by atoms with van der Waals surface area (Å²) in [7, 11) is 0.